The van der Waals surface area contributed by atoms with Crippen molar-refractivity contribution in [2.75, 3.05) is 26.2 Å². The van der Waals surface area contributed by atoms with Crippen LogP contribution in [0.25, 0.3) is 0 Å². The minimum atomic E-state index is -0.173. The van der Waals surface area contributed by atoms with Gasteiger partial charge in [0.05, 0.1) is 31.1 Å². The van der Waals surface area contributed by atoms with E-state index in [2.05, 4.69) is 16.8 Å². The second kappa shape index (κ2) is 7.73. The van der Waals surface area contributed by atoms with Gasteiger partial charge in [-0.1, -0.05) is 6.92 Å². The third-order valence-corrected chi connectivity index (χ3v) is 3.61. The van der Waals surface area contributed by atoms with Gasteiger partial charge >= 0.3 is 0 Å². The molecule has 0 amide bonds. The van der Waals surface area contributed by atoms with Gasteiger partial charge in [0.25, 0.3) is 0 Å². The highest BCUT2D eigenvalue weighted by molar-refractivity contribution is 5.26. The summed E-state index contributed by atoms with van der Waals surface area (Å²) in [5, 5.41) is 0. The lowest BCUT2D eigenvalue weighted by Gasteiger charge is -2.35. The Kier molecular flexibility index (Phi) is 5.96. The molecule has 118 valence electrons. The van der Waals surface area contributed by atoms with Crippen molar-refractivity contribution in [2.45, 2.75) is 45.4 Å². The number of pyridine rings is 1. The zero-order valence-electron chi connectivity index (χ0n) is 13.3. The van der Waals surface area contributed by atoms with Crippen molar-refractivity contribution < 1.29 is 9.47 Å². The van der Waals surface area contributed by atoms with Crippen LogP contribution in [0, 0.1) is 0 Å². The van der Waals surface area contributed by atoms with Crippen LogP contribution in [0.15, 0.2) is 18.5 Å². The van der Waals surface area contributed by atoms with Crippen LogP contribution in [-0.2, 0) is 4.74 Å². The summed E-state index contributed by atoms with van der Waals surface area (Å²) in [5.41, 5.74) is 7.35. The van der Waals surface area contributed by atoms with Gasteiger partial charge in [0, 0.05) is 19.3 Å². The Morgan fingerprint density at radius 2 is 2.29 bits per heavy atom. The SMILES string of the molecule is CCCN1CCOC(C(N)c2cncc(OC(C)C)c2)C1. The Balaban J connectivity index is 2.03. The zero-order chi connectivity index (χ0) is 15.2. The first-order valence-electron chi connectivity index (χ1n) is 7.81. The van der Waals surface area contributed by atoms with Gasteiger partial charge in [-0.25, -0.2) is 0 Å². The summed E-state index contributed by atoms with van der Waals surface area (Å²) in [7, 11) is 0. The second-order valence-corrected chi connectivity index (χ2v) is 5.86. The monoisotopic (exact) mass is 293 g/mol. The molecule has 0 aliphatic carbocycles. The van der Waals surface area contributed by atoms with Crippen molar-refractivity contribution in [3.8, 4) is 5.75 Å². The van der Waals surface area contributed by atoms with Crippen LogP contribution in [0.3, 0.4) is 0 Å². The minimum Gasteiger partial charge on any atom is -0.489 e. The topological polar surface area (TPSA) is 60.6 Å². The molecule has 2 N–H and O–H groups in total. The molecule has 2 rings (SSSR count). The Morgan fingerprint density at radius 1 is 1.48 bits per heavy atom. The van der Waals surface area contributed by atoms with E-state index in [1.807, 2.05) is 19.9 Å². The highest BCUT2D eigenvalue weighted by Gasteiger charge is 2.27. The highest BCUT2D eigenvalue weighted by atomic mass is 16.5. The predicted molar refractivity (Wildman–Crippen MR) is 83.4 cm³/mol. The summed E-state index contributed by atoms with van der Waals surface area (Å²) in [5.74, 6) is 0.763. The third kappa shape index (κ3) is 4.66. The summed E-state index contributed by atoms with van der Waals surface area (Å²) in [4.78, 5) is 6.65. The van der Waals surface area contributed by atoms with Gasteiger partial charge in [0.2, 0.25) is 0 Å². The summed E-state index contributed by atoms with van der Waals surface area (Å²) in [6.07, 6.45) is 4.83. The van der Waals surface area contributed by atoms with Crippen molar-refractivity contribution in [1.29, 1.82) is 0 Å². The van der Waals surface area contributed by atoms with Crippen molar-refractivity contribution >= 4 is 0 Å². The lowest BCUT2D eigenvalue weighted by atomic mass is 10.0. The molecule has 1 saturated heterocycles. The van der Waals surface area contributed by atoms with E-state index < -0.39 is 0 Å². The Hall–Kier alpha value is -1.17. The lowest BCUT2D eigenvalue weighted by Crippen LogP contribution is -2.47. The van der Waals surface area contributed by atoms with Crippen molar-refractivity contribution in [3.05, 3.63) is 24.0 Å². The standard InChI is InChI=1S/C16H27N3O2/c1-4-5-19-6-7-20-15(11-19)16(17)13-8-14(10-18-9-13)21-12(2)3/h8-10,12,15-16H,4-7,11,17H2,1-3H3. The van der Waals surface area contributed by atoms with Crippen LogP contribution in [-0.4, -0.2) is 48.3 Å². The number of hydrogen-bond donors (Lipinski definition) is 1. The molecule has 2 heterocycles. The number of nitrogens with two attached hydrogens (primary N) is 1. The fourth-order valence-corrected chi connectivity index (χ4v) is 2.64. The molecule has 0 spiro atoms. The first-order chi connectivity index (χ1) is 10.1. The number of rotatable bonds is 6. The molecule has 1 aliphatic rings. The molecule has 5 heteroatoms. The molecule has 5 nitrogen and oxygen atoms in total. The molecule has 1 aliphatic heterocycles. The summed E-state index contributed by atoms with van der Waals surface area (Å²) >= 11 is 0. The predicted octanol–water partition coefficient (Wildman–Crippen LogP) is 1.98. The Morgan fingerprint density at radius 3 is 3.00 bits per heavy atom. The van der Waals surface area contributed by atoms with E-state index >= 15 is 0 Å². The number of ether oxygens (including phenoxy) is 2. The number of nitrogens with zero attached hydrogens (tertiary/aromatic N) is 2. The van der Waals surface area contributed by atoms with E-state index in [0.717, 1.165) is 44.0 Å². The highest BCUT2D eigenvalue weighted by Crippen LogP contribution is 2.23. The van der Waals surface area contributed by atoms with Gasteiger partial charge < -0.3 is 15.2 Å². The fourth-order valence-electron chi connectivity index (χ4n) is 2.64. The molecule has 0 aromatic carbocycles. The van der Waals surface area contributed by atoms with Crippen LogP contribution < -0.4 is 10.5 Å². The van der Waals surface area contributed by atoms with E-state index in [4.69, 9.17) is 15.2 Å². The average Bonchev–Trinajstić information content (AvgIpc) is 2.47. The largest absolute Gasteiger partial charge is 0.489 e. The molecule has 0 saturated carbocycles. The molecule has 0 bridgehead atoms. The van der Waals surface area contributed by atoms with E-state index in [1.54, 1.807) is 12.4 Å². The maximum Gasteiger partial charge on any atom is 0.138 e. The summed E-state index contributed by atoms with van der Waals surface area (Å²) < 4.78 is 11.5. The maximum absolute atomic E-state index is 6.38. The fraction of sp³-hybridized carbons (Fsp3) is 0.688. The molecule has 21 heavy (non-hydrogen) atoms. The van der Waals surface area contributed by atoms with E-state index in [9.17, 15) is 0 Å². The Labute approximate surface area is 127 Å². The molecular formula is C16H27N3O2. The van der Waals surface area contributed by atoms with E-state index in [0.29, 0.717) is 0 Å². The Bertz CT molecular complexity index is 437. The van der Waals surface area contributed by atoms with Gasteiger partial charge in [0.15, 0.2) is 0 Å². The summed E-state index contributed by atoms with van der Waals surface area (Å²) in [6, 6.07) is 1.80. The number of aromatic nitrogens is 1. The van der Waals surface area contributed by atoms with Gasteiger partial charge in [-0.15, -0.1) is 0 Å². The molecule has 2 atom stereocenters. The van der Waals surface area contributed by atoms with Gasteiger partial charge in [-0.05, 0) is 38.4 Å². The van der Waals surface area contributed by atoms with Gasteiger partial charge in [0.1, 0.15) is 5.75 Å². The first kappa shape index (κ1) is 16.2. The number of morpholine rings is 1. The lowest BCUT2D eigenvalue weighted by molar-refractivity contribution is -0.0408. The van der Waals surface area contributed by atoms with Crippen LogP contribution >= 0.6 is 0 Å². The molecule has 2 unspecified atom stereocenters. The molecular weight excluding hydrogens is 266 g/mol. The van der Waals surface area contributed by atoms with Crippen LogP contribution in [0.5, 0.6) is 5.75 Å². The van der Waals surface area contributed by atoms with Crippen molar-refractivity contribution in [2.24, 2.45) is 5.73 Å². The quantitative estimate of drug-likeness (QED) is 0.869. The van der Waals surface area contributed by atoms with Crippen molar-refractivity contribution in [1.82, 2.24) is 9.88 Å². The van der Waals surface area contributed by atoms with Crippen LogP contribution in [0.1, 0.15) is 38.8 Å². The maximum atomic E-state index is 6.38. The van der Waals surface area contributed by atoms with Gasteiger partial charge in [-0.2, -0.15) is 0 Å². The van der Waals surface area contributed by atoms with E-state index in [-0.39, 0.29) is 18.2 Å². The average molecular weight is 293 g/mol. The smallest absolute Gasteiger partial charge is 0.138 e. The van der Waals surface area contributed by atoms with Crippen LogP contribution in [0.2, 0.25) is 0 Å². The molecule has 1 aromatic rings. The molecule has 1 fully saturated rings. The van der Waals surface area contributed by atoms with Crippen molar-refractivity contribution in [3.63, 3.8) is 0 Å². The molecule has 1 aromatic heterocycles. The second-order valence-electron chi connectivity index (χ2n) is 5.86. The zero-order valence-corrected chi connectivity index (χ0v) is 13.3. The minimum absolute atomic E-state index is 0.0152. The third-order valence-electron chi connectivity index (χ3n) is 3.61. The van der Waals surface area contributed by atoms with E-state index in [1.165, 1.54) is 0 Å². The van der Waals surface area contributed by atoms with Gasteiger partial charge in [-0.3, -0.25) is 9.88 Å². The molecule has 0 radical (unpaired) electrons. The normalized spacial score (nSPS) is 21.5. The number of hydrogen-bond acceptors (Lipinski definition) is 5. The first-order valence-corrected chi connectivity index (χ1v) is 7.81. The summed E-state index contributed by atoms with van der Waals surface area (Å²) in [6.45, 7) is 9.91. The van der Waals surface area contributed by atoms with Crippen LogP contribution in [0.4, 0.5) is 0 Å².